The molecule has 1 N–H and O–H groups in total. The van der Waals surface area contributed by atoms with Gasteiger partial charge in [-0.2, -0.15) is 4.99 Å². The number of phenols is 1. The number of nitrogens with zero attached hydrogens (tertiary/aromatic N) is 2. The third-order valence-corrected chi connectivity index (χ3v) is 1.54. The standard InChI is InChI=1S/C10H12N2O2/c1-12(2)7-11-10(14)8-5-3-4-6-9(8)13/h3-7,13H,1-2H3. The van der Waals surface area contributed by atoms with Gasteiger partial charge < -0.3 is 10.0 Å². The molecule has 1 aromatic carbocycles. The van der Waals surface area contributed by atoms with Gasteiger partial charge in [0.2, 0.25) is 0 Å². The van der Waals surface area contributed by atoms with Crippen LogP contribution in [0.5, 0.6) is 5.75 Å². The first-order valence-corrected chi connectivity index (χ1v) is 4.14. The monoisotopic (exact) mass is 192 g/mol. The molecule has 0 saturated carbocycles. The molecule has 0 saturated heterocycles. The van der Waals surface area contributed by atoms with Gasteiger partial charge in [0.15, 0.2) is 0 Å². The van der Waals surface area contributed by atoms with Crippen LogP contribution in [0, 0.1) is 0 Å². The lowest BCUT2D eigenvalue weighted by Gasteiger charge is -2.02. The number of aromatic hydroxyl groups is 1. The van der Waals surface area contributed by atoms with E-state index in [1.54, 1.807) is 31.1 Å². The van der Waals surface area contributed by atoms with E-state index in [4.69, 9.17) is 0 Å². The Morgan fingerprint density at radius 1 is 1.43 bits per heavy atom. The van der Waals surface area contributed by atoms with Crippen molar-refractivity contribution < 1.29 is 9.90 Å². The first-order chi connectivity index (χ1) is 6.61. The number of hydrogen-bond acceptors (Lipinski definition) is 2. The third kappa shape index (κ3) is 2.58. The minimum atomic E-state index is -0.447. The highest BCUT2D eigenvalue weighted by atomic mass is 16.3. The van der Waals surface area contributed by atoms with Crippen LogP contribution in [-0.4, -0.2) is 36.3 Å². The number of carbonyl (C=O) groups excluding carboxylic acids is 1. The van der Waals surface area contributed by atoms with E-state index < -0.39 is 5.91 Å². The number of carbonyl (C=O) groups is 1. The van der Waals surface area contributed by atoms with Gasteiger partial charge in [0.25, 0.3) is 5.91 Å². The van der Waals surface area contributed by atoms with Crippen molar-refractivity contribution in [1.82, 2.24) is 4.90 Å². The van der Waals surface area contributed by atoms with Crippen LogP contribution >= 0.6 is 0 Å². The summed E-state index contributed by atoms with van der Waals surface area (Å²) in [6.07, 6.45) is 1.40. The highest BCUT2D eigenvalue weighted by molar-refractivity contribution is 6.00. The fraction of sp³-hybridized carbons (Fsp3) is 0.200. The quantitative estimate of drug-likeness (QED) is 0.564. The fourth-order valence-corrected chi connectivity index (χ4v) is 0.892. The van der Waals surface area contributed by atoms with Crippen LogP contribution in [0.3, 0.4) is 0 Å². The van der Waals surface area contributed by atoms with Crippen LogP contribution in [0.1, 0.15) is 10.4 Å². The van der Waals surface area contributed by atoms with Crippen molar-refractivity contribution in [1.29, 1.82) is 0 Å². The Morgan fingerprint density at radius 2 is 2.07 bits per heavy atom. The molecule has 0 heterocycles. The molecule has 4 heteroatoms. The molecule has 1 amide bonds. The highest BCUT2D eigenvalue weighted by Gasteiger charge is 2.07. The van der Waals surface area contributed by atoms with Gasteiger partial charge in [0.05, 0.1) is 11.9 Å². The molecule has 1 rings (SSSR count). The lowest BCUT2D eigenvalue weighted by Crippen LogP contribution is -2.09. The van der Waals surface area contributed by atoms with Gasteiger partial charge in [-0.3, -0.25) is 4.79 Å². The number of hydrogen-bond donors (Lipinski definition) is 1. The molecular weight excluding hydrogens is 180 g/mol. The molecule has 0 aromatic heterocycles. The van der Waals surface area contributed by atoms with Crippen molar-refractivity contribution in [3.8, 4) is 5.75 Å². The van der Waals surface area contributed by atoms with Gasteiger partial charge in [-0.15, -0.1) is 0 Å². The molecule has 0 unspecified atom stereocenters. The highest BCUT2D eigenvalue weighted by Crippen LogP contribution is 2.16. The van der Waals surface area contributed by atoms with E-state index in [-0.39, 0.29) is 11.3 Å². The summed E-state index contributed by atoms with van der Waals surface area (Å²) in [5.41, 5.74) is 0.214. The lowest BCUT2D eigenvalue weighted by molar-refractivity contribution is 0.1000. The summed E-state index contributed by atoms with van der Waals surface area (Å²) in [6.45, 7) is 0. The van der Waals surface area contributed by atoms with E-state index in [0.29, 0.717) is 0 Å². The minimum Gasteiger partial charge on any atom is -0.507 e. The average molecular weight is 192 g/mol. The average Bonchev–Trinajstić information content (AvgIpc) is 2.15. The molecule has 0 aliphatic carbocycles. The maximum Gasteiger partial charge on any atom is 0.282 e. The van der Waals surface area contributed by atoms with Gasteiger partial charge in [0.1, 0.15) is 5.75 Å². The smallest absolute Gasteiger partial charge is 0.282 e. The Bertz CT molecular complexity index is 359. The normalized spacial score (nSPS) is 10.4. The molecule has 0 fully saturated rings. The maximum absolute atomic E-state index is 11.4. The predicted octanol–water partition coefficient (Wildman–Crippen LogP) is 1.12. The summed E-state index contributed by atoms with van der Waals surface area (Å²) in [4.78, 5) is 16.7. The van der Waals surface area contributed by atoms with E-state index in [1.807, 2.05) is 0 Å². The van der Waals surface area contributed by atoms with Crippen molar-refractivity contribution in [3.05, 3.63) is 29.8 Å². The molecule has 4 nitrogen and oxygen atoms in total. The number of rotatable bonds is 2. The Labute approximate surface area is 82.5 Å². The van der Waals surface area contributed by atoms with Gasteiger partial charge in [-0.1, -0.05) is 12.1 Å². The molecular formula is C10H12N2O2. The molecule has 74 valence electrons. The number of para-hydroxylation sites is 1. The summed E-state index contributed by atoms with van der Waals surface area (Å²) >= 11 is 0. The molecule has 0 bridgehead atoms. The lowest BCUT2D eigenvalue weighted by atomic mass is 10.2. The van der Waals surface area contributed by atoms with E-state index in [9.17, 15) is 9.90 Å². The predicted molar refractivity (Wildman–Crippen MR) is 54.6 cm³/mol. The van der Waals surface area contributed by atoms with Gasteiger partial charge in [-0.05, 0) is 12.1 Å². The fourth-order valence-electron chi connectivity index (χ4n) is 0.892. The molecule has 0 atom stereocenters. The Balaban J connectivity index is 2.85. The van der Waals surface area contributed by atoms with Crippen LogP contribution in [0.25, 0.3) is 0 Å². The largest absolute Gasteiger partial charge is 0.507 e. The zero-order valence-electron chi connectivity index (χ0n) is 8.14. The SMILES string of the molecule is CN(C)C=NC(=O)c1ccccc1O. The summed E-state index contributed by atoms with van der Waals surface area (Å²) < 4.78 is 0. The zero-order chi connectivity index (χ0) is 10.6. The minimum absolute atomic E-state index is 0.0478. The first-order valence-electron chi connectivity index (χ1n) is 4.14. The van der Waals surface area contributed by atoms with Crippen molar-refractivity contribution in [3.63, 3.8) is 0 Å². The molecule has 1 aromatic rings. The Hall–Kier alpha value is -1.84. The topological polar surface area (TPSA) is 52.9 Å². The zero-order valence-corrected chi connectivity index (χ0v) is 8.14. The third-order valence-electron chi connectivity index (χ3n) is 1.54. The van der Waals surface area contributed by atoms with E-state index in [1.165, 1.54) is 18.5 Å². The summed E-state index contributed by atoms with van der Waals surface area (Å²) in [6, 6.07) is 6.32. The summed E-state index contributed by atoms with van der Waals surface area (Å²) in [7, 11) is 3.53. The summed E-state index contributed by atoms with van der Waals surface area (Å²) in [5, 5.41) is 9.34. The molecule has 0 aliphatic heterocycles. The van der Waals surface area contributed by atoms with Crippen LogP contribution in [-0.2, 0) is 0 Å². The number of benzene rings is 1. The number of phenolic OH excluding ortho intramolecular Hbond substituents is 1. The van der Waals surface area contributed by atoms with Crippen molar-refractivity contribution in [2.45, 2.75) is 0 Å². The Morgan fingerprint density at radius 3 is 2.64 bits per heavy atom. The second kappa shape index (κ2) is 4.41. The van der Waals surface area contributed by atoms with Crippen molar-refractivity contribution >= 4 is 12.2 Å². The van der Waals surface area contributed by atoms with Crippen LogP contribution in [0.2, 0.25) is 0 Å². The van der Waals surface area contributed by atoms with E-state index in [0.717, 1.165) is 0 Å². The van der Waals surface area contributed by atoms with Crippen LogP contribution in [0.4, 0.5) is 0 Å². The molecule has 14 heavy (non-hydrogen) atoms. The van der Waals surface area contributed by atoms with Gasteiger partial charge in [-0.25, -0.2) is 0 Å². The first kappa shape index (κ1) is 10.2. The molecule has 0 spiro atoms. The second-order valence-corrected chi connectivity index (χ2v) is 3.03. The van der Waals surface area contributed by atoms with Crippen LogP contribution in [0.15, 0.2) is 29.3 Å². The molecule has 0 aliphatic rings. The number of aliphatic imine (C=N–C) groups is 1. The van der Waals surface area contributed by atoms with Crippen molar-refractivity contribution in [2.75, 3.05) is 14.1 Å². The van der Waals surface area contributed by atoms with Crippen molar-refractivity contribution in [2.24, 2.45) is 4.99 Å². The van der Waals surface area contributed by atoms with Gasteiger partial charge in [0, 0.05) is 14.1 Å². The van der Waals surface area contributed by atoms with Crippen LogP contribution < -0.4 is 0 Å². The van der Waals surface area contributed by atoms with E-state index >= 15 is 0 Å². The van der Waals surface area contributed by atoms with E-state index in [2.05, 4.69) is 4.99 Å². The Kier molecular flexibility index (Phi) is 3.23. The summed E-state index contributed by atoms with van der Waals surface area (Å²) in [5.74, 6) is -0.495. The number of amides is 1. The molecule has 0 radical (unpaired) electrons. The maximum atomic E-state index is 11.4. The second-order valence-electron chi connectivity index (χ2n) is 3.03. The van der Waals surface area contributed by atoms with Gasteiger partial charge >= 0.3 is 0 Å².